The first-order valence-electron chi connectivity index (χ1n) is 6.11. The molecule has 0 spiro atoms. The highest BCUT2D eigenvalue weighted by atomic mass is 32.1. The molecular weight excluding hydrogens is 247 g/mol. The Balaban J connectivity index is 2.30. The number of hydrogen-bond acceptors (Lipinski definition) is 3. The standard InChI is InChI=1S/C14H17FN2S/c1-3-6-16-13(14-17-7-8-18-14)11-5-4-10(2)12(15)9-11/h4-5,7-9,13,16H,3,6H2,1-2H3. The van der Waals surface area contributed by atoms with Gasteiger partial charge in [0.15, 0.2) is 0 Å². The van der Waals surface area contributed by atoms with Crippen molar-refractivity contribution in [3.8, 4) is 0 Å². The number of benzene rings is 1. The van der Waals surface area contributed by atoms with Gasteiger partial charge >= 0.3 is 0 Å². The molecule has 1 atom stereocenters. The van der Waals surface area contributed by atoms with Crippen LogP contribution >= 0.6 is 11.3 Å². The monoisotopic (exact) mass is 264 g/mol. The fourth-order valence-corrected chi connectivity index (χ4v) is 2.54. The van der Waals surface area contributed by atoms with Gasteiger partial charge in [0.1, 0.15) is 10.8 Å². The van der Waals surface area contributed by atoms with Gasteiger partial charge in [-0.2, -0.15) is 0 Å². The van der Waals surface area contributed by atoms with E-state index in [1.807, 2.05) is 17.5 Å². The Kier molecular flexibility index (Phi) is 4.44. The van der Waals surface area contributed by atoms with Crippen molar-refractivity contribution in [1.82, 2.24) is 10.3 Å². The molecule has 0 saturated heterocycles. The summed E-state index contributed by atoms with van der Waals surface area (Å²) in [4.78, 5) is 4.33. The predicted molar refractivity (Wildman–Crippen MR) is 73.4 cm³/mol. The number of aryl methyl sites for hydroxylation is 1. The first-order valence-corrected chi connectivity index (χ1v) is 6.99. The van der Waals surface area contributed by atoms with Crippen LogP contribution in [0.15, 0.2) is 29.8 Å². The van der Waals surface area contributed by atoms with Crippen molar-refractivity contribution in [2.75, 3.05) is 6.54 Å². The molecule has 0 fully saturated rings. The van der Waals surface area contributed by atoms with Gasteiger partial charge in [-0.25, -0.2) is 9.37 Å². The molecule has 2 nitrogen and oxygen atoms in total. The zero-order chi connectivity index (χ0) is 13.0. The van der Waals surface area contributed by atoms with Gasteiger partial charge < -0.3 is 5.32 Å². The van der Waals surface area contributed by atoms with Crippen LogP contribution < -0.4 is 5.32 Å². The molecular formula is C14H17FN2S. The lowest BCUT2D eigenvalue weighted by molar-refractivity contribution is 0.580. The van der Waals surface area contributed by atoms with E-state index in [9.17, 15) is 4.39 Å². The highest BCUT2D eigenvalue weighted by Gasteiger charge is 2.16. The van der Waals surface area contributed by atoms with E-state index in [-0.39, 0.29) is 11.9 Å². The van der Waals surface area contributed by atoms with Crippen LogP contribution in [0.1, 0.15) is 35.5 Å². The van der Waals surface area contributed by atoms with Crippen molar-refractivity contribution in [2.45, 2.75) is 26.3 Å². The molecule has 1 aromatic carbocycles. The second-order valence-corrected chi connectivity index (χ2v) is 5.19. The molecule has 0 saturated carbocycles. The molecule has 0 aliphatic rings. The fourth-order valence-electron chi connectivity index (χ4n) is 1.80. The first-order chi connectivity index (χ1) is 8.72. The van der Waals surface area contributed by atoms with Crippen LogP contribution in [0.2, 0.25) is 0 Å². The molecule has 18 heavy (non-hydrogen) atoms. The summed E-state index contributed by atoms with van der Waals surface area (Å²) in [5, 5.41) is 6.34. The third-order valence-corrected chi connectivity index (χ3v) is 3.67. The van der Waals surface area contributed by atoms with Gasteiger partial charge in [-0.3, -0.25) is 0 Å². The van der Waals surface area contributed by atoms with Crippen LogP contribution in [-0.2, 0) is 0 Å². The van der Waals surface area contributed by atoms with Crippen LogP contribution in [0.3, 0.4) is 0 Å². The van der Waals surface area contributed by atoms with Crippen molar-refractivity contribution in [1.29, 1.82) is 0 Å². The van der Waals surface area contributed by atoms with Crippen molar-refractivity contribution < 1.29 is 4.39 Å². The lowest BCUT2D eigenvalue weighted by Crippen LogP contribution is -2.23. The van der Waals surface area contributed by atoms with Gasteiger partial charge in [0.25, 0.3) is 0 Å². The van der Waals surface area contributed by atoms with Crippen molar-refractivity contribution in [3.63, 3.8) is 0 Å². The van der Waals surface area contributed by atoms with Crippen LogP contribution in [0.25, 0.3) is 0 Å². The number of aromatic nitrogens is 1. The van der Waals surface area contributed by atoms with Crippen molar-refractivity contribution >= 4 is 11.3 Å². The largest absolute Gasteiger partial charge is 0.304 e. The van der Waals surface area contributed by atoms with Gasteiger partial charge in [0.05, 0.1) is 6.04 Å². The number of hydrogen-bond donors (Lipinski definition) is 1. The second-order valence-electron chi connectivity index (χ2n) is 4.27. The lowest BCUT2D eigenvalue weighted by Gasteiger charge is -2.17. The summed E-state index contributed by atoms with van der Waals surface area (Å²) in [5.74, 6) is -0.160. The molecule has 0 bridgehead atoms. The number of thiazole rings is 1. The average molecular weight is 264 g/mol. The lowest BCUT2D eigenvalue weighted by atomic mass is 10.0. The van der Waals surface area contributed by atoms with Gasteiger partial charge in [-0.15, -0.1) is 11.3 Å². The predicted octanol–water partition coefficient (Wildman–Crippen LogP) is 3.68. The number of rotatable bonds is 5. The molecule has 0 aliphatic heterocycles. The maximum Gasteiger partial charge on any atom is 0.126 e. The van der Waals surface area contributed by atoms with E-state index < -0.39 is 0 Å². The van der Waals surface area contributed by atoms with Gasteiger partial charge in [0, 0.05) is 11.6 Å². The van der Waals surface area contributed by atoms with E-state index in [0.717, 1.165) is 23.5 Å². The van der Waals surface area contributed by atoms with Crippen molar-refractivity contribution in [3.05, 3.63) is 51.7 Å². The minimum atomic E-state index is -0.160. The molecule has 4 heteroatoms. The summed E-state index contributed by atoms with van der Waals surface area (Å²) in [6.07, 6.45) is 2.82. The Morgan fingerprint density at radius 3 is 2.89 bits per heavy atom. The maximum atomic E-state index is 13.7. The zero-order valence-electron chi connectivity index (χ0n) is 10.6. The highest BCUT2D eigenvalue weighted by Crippen LogP contribution is 2.25. The molecule has 2 aromatic rings. The van der Waals surface area contributed by atoms with Crippen LogP contribution in [0, 0.1) is 12.7 Å². The van der Waals surface area contributed by atoms with Crippen LogP contribution in [0.5, 0.6) is 0 Å². The molecule has 1 aromatic heterocycles. The number of nitrogens with one attached hydrogen (secondary N) is 1. The fraction of sp³-hybridized carbons (Fsp3) is 0.357. The molecule has 0 amide bonds. The number of nitrogens with zero attached hydrogens (tertiary/aromatic N) is 1. The SMILES string of the molecule is CCCNC(c1ccc(C)c(F)c1)c1nccs1. The Hall–Kier alpha value is -1.26. The second kappa shape index (κ2) is 6.07. The summed E-state index contributed by atoms with van der Waals surface area (Å²) >= 11 is 1.59. The summed E-state index contributed by atoms with van der Waals surface area (Å²) in [7, 11) is 0. The van der Waals surface area contributed by atoms with E-state index in [1.165, 1.54) is 0 Å². The normalized spacial score (nSPS) is 12.6. The first kappa shape index (κ1) is 13.2. The third-order valence-electron chi connectivity index (χ3n) is 2.83. The Bertz CT molecular complexity index is 497. The van der Waals surface area contributed by atoms with Gasteiger partial charge in [-0.05, 0) is 37.1 Å². The van der Waals surface area contributed by atoms with E-state index in [0.29, 0.717) is 5.56 Å². The molecule has 1 heterocycles. The topological polar surface area (TPSA) is 24.9 Å². The van der Waals surface area contributed by atoms with Crippen LogP contribution in [-0.4, -0.2) is 11.5 Å². The Morgan fingerprint density at radius 2 is 2.28 bits per heavy atom. The molecule has 0 aliphatic carbocycles. The third kappa shape index (κ3) is 2.94. The molecule has 1 unspecified atom stereocenters. The Labute approximate surface area is 111 Å². The summed E-state index contributed by atoms with van der Waals surface area (Å²) in [6, 6.07) is 5.37. The maximum absolute atomic E-state index is 13.7. The number of halogens is 1. The molecule has 2 rings (SSSR count). The van der Waals surface area contributed by atoms with E-state index in [2.05, 4.69) is 17.2 Å². The van der Waals surface area contributed by atoms with Gasteiger partial charge in [-0.1, -0.05) is 19.1 Å². The van der Waals surface area contributed by atoms with E-state index in [4.69, 9.17) is 0 Å². The van der Waals surface area contributed by atoms with Crippen molar-refractivity contribution in [2.24, 2.45) is 0 Å². The zero-order valence-corrected chi connectivity index (χ0v) is 11.4. The Morgan fingerprint density at radius 1 is 1.44 bits per heavy atom. The quantitative estimate of drug-likeness (QED) is 0.891. The highest BCUT2D eigenvalue weighted by molar-refractivity contribution is 7.09. The summed E-state index contributed by atoms with van der Waals surface area (Å²) in [6.45, 7) is 4.78. The molecule has 96 valence electrons. The minimum absolute atomic E-state index is 0.0138. The summed E-state index contributed by atoms with van der Waals surface area (Å²) in [5.41, 5.74) is 1.61. The molecule has 1 N–H and O–H groups in total. The van der Waals surface area contributed by atoms with Crippen LogP contribution in [0.4, 0.5) is 4.39 Å². The molecule has 0 radical (unpaired) electrons. The van der Waals surface area contributed by atoms with E-state index in [1.54, 1.807) is 30.5 Å². The van der Waals surface area contributed by atoms with Gasteiger partial charge in [0.2, 0.25) is 0 Å². The average Bonchev–Trinajstić information content (AvgIpc) is 2.88. The summed E-state index contributed by atoms with van der Waals surface area (Å²) < 4.78 is 13.7. The smallest absolute Gasteiger partial charge is 0.126 e. The minimum Gasteiger partial charge on any atom is -0.304 e. The van der Waals surface area contributed by atoms with E-state index >= 15 is 0 Å².